The number of likely N-dealkylation sites (tertiary alicyclic amines) is 1. The molecule has 1 amide bonds. The number of nitrogens with zero attached hydrogens (tertiary/aromatic N) is 1. The number of halogens is 1. The first-order chi connectivity index (χ1) is 10.3. The molecule has 4 nitrogen and oxygen atoms in total. The predicted molar refractivity (Wildman–Crippen MR) is 96.2 cm³/mol. The van der Waals surface area contributed by atoms with E-state index in [1.807, 2.05) is 23.1 Å². The monoisotopic (exact) mass is 340 g/mol. The van der Waals surface area contributed by atoms with Crippen molar-refractivity contribution in [2.24, 2.45) is 11.1 Å². The quantitative estimate of drug-likeness (QED) is 0.915. The Hall–Kier alpha value is -1.26. The molecule has 1 aromatic carbocycles. The second kappa shape index (κ2) is 8.02. The van der Waals surface area contributed by atoms with Gasteiger partial charge in [-0.3, -0.25) is 4.79 Å². The third kappa shape index (κ3) is 4.85. The molecule has 0 aliphatic carbocycles. The molecule has 2 atom stereocenters. The number of methoxy groups -OCH3 is 1. The summed E-state index contributed by atoms with van der Waals surface area (Å²) in [4.78, 5) is 14.6. The molecule has 0 spiro atoms. The Bertz CT molecular complexity index is 534. The molecule has 2 rings (SSSR count). The lowest BCUT2D eigenvalue weighted by atomic mass is 9.79. The van der Waals surface area contributed by atoms with Gasteiger partial charge in [0.25, 0.3) is 0 Å². The van der Waals surface area contributed by atoms with Gasteiger partial charge in [0.15, 0.2) is 0 Å². The van der Waals surface area contributed by atoms with Gasteiger partial charge in [0.1, 0.15) is 5.75 Å². The highest BCUT2D eigenvalue weighted by atomic mass is 35.5. The van der Waals surface area contributed by atoms with Crippen molar-refractivity contribution in [1.29, 1.82) is 0 Å². The largest absolute Gasteiger partial charge is 0.497 e. The Morgan fingerprint density at radius 3 is 2.78 bits per heavy atom. The third-order valence-corrected chi connectivity index (χ3v) is 4.81. The summed E-state index contributed by atoms with van der Waals surface area (Å²) in [6, 6.07) is 8.13. The summed E-state index contributed by atoms with van der Waals surface area (Å²) in [5, 5.41) is 0. The Labute approximate surface area is 145 Å². The molecule has 0 aromatic heterocycles. The van der Waals surface area contributed by atoms with Gasteiger partial charge in [0, 0.05) is 25.6 Å². The van der Waals surface area contributed by atoms with Gasteiger partial charge in [0.2, 0.25) is 5.91 Å². The van der Waals surface area contributed by atoms with Gasteiger partial charge >= 0.3 is 0 Å². The fourth-order valence-electron chi connectivity index (χ4n) is 3.04. The summed E-state index contributed by atoms with van der Waals surface area (Å²) >= 11 is 0. The molecule has 2 N–H and O–H groups in total. The Kier molecular flexibility index (Phi) is 6.90. The predicted octanol–water partition coefficient (Wildman–Crippen LogP) is 3.20. The van der Waals surface area contributed by atoms with Crippen molar-refractivity contribution in [3.63, 3.8) is 0 Å². The highest BCUT2D eigenvalue weighted by Crippen LogP contribution is 2.30. The van der Waals surface area contributed by atoms with E-state index in [-0.39, 0.29) is 35.7 Å². The van der Waals surface area contributed by atoms with Crippen molar-refractivity contribution in [1.82, 2.24) is 4.90 Å². The minimum atomic E-state index is -0.00683. The van der Waals surface area contributed by atoms with Gasteiger partial charge in [-0.2, -0.15) is 0 Å². The third-order valence-electron chi connectivity index (χ3n) is 4.81. The number of carbonyl (C=O) groups is 1. The van der Waals surface area contributed by atoms with Crippen molar-refractivity contribution in [3.05, 3.63) is 29.8 Å². The Balaban J connectivity index is 0.00000264. The van der Waals surface area contributed by atoms with Gasteiger partial charge < -0.3 is 15.4 Å². The molecule has 1 saturated heterocycles. The lowest BCUT2D eigenvalue weighted by molar-refractivity contribution is -0.135. The van der Waals surface area contributed by atoms with Crippen LogP contribution >= 0.6 is 12.4 Å². The lowest BCUT2D eigenvalue weighted by Gasteiger charge is -2.42. The summed E-state index contributed by atoms with van der Waals surface area (Å²) in [7, 11) is 1.66. The molecular formula is C18H29ClN2O2. The number of rotatable bonds is 4. The van der Waals surface area contributed by atoms with E-state index >= 15 is 0 Å². The summed E-state index contributed by atoms with van der Waals surface area (Å²) in [6.45, 7) is 7.89. The molecule has 0 saturated carbocycles. The summed E-state index contributed by atoms with van der Waals surface area (Å²) in [5.74, 6) is 1.23. The highest BCUT2D eigenvalue weighted by molar-refractivity contribution is 5.85. The van der Waals surface area contributed by atoms with Crippen molar-refractivity contribution in [2.75, 3.05) is 20.2 Å². The number of carbonyl (C=O) groups excluding carboxylic acids is 1. The van der Waals surface area contributed by atoms with Crippen LogP contribution in [0.25, 0.3) is 0 Å². The minimum absolute atomic E-state index is 0. The number of benzene rings is 1. The number of piperidine rings is 1. The van der Waals surface area contributed by atoms with Crippen molar-refractivity contribution in [3.8, 4) is 5.75 Å². The first-order valence-corrected chi connectivity index (χ1v) is 8.01. The van der Waals surface area contributed by atoms with Crippen LogP contribution in [-0.4, -0.2) is 37.0 Å². The topological polar surface area (TPSA) is 55.6 Å². The molecule has 23 heavy (non-hydrogen) atoms. The molecular weight excluding hydrogens is 312 g/mol. The first-order valence-electron chi connectivity index (χ1n) is 8.01. The minimum Gasteiger partial charge on any atom is -0.497 e. The number of amides is 1. The second-order valence-corrected chi connectivity index (χ2v) is 7.08. The van der Waals surface area contributed by atoms with Gasteiger partial charge in [-0.15, -0.1) is 12.4 Å². The van der Waals surface area contributed by atoms with Crippen LogP contribution in [0.2, 0.25) is 0 Å². The summed E-state index contributed by atoms with van der Waals surface area (Å²) in [5.41, 5.74) is 7.28. The van der Waals surface area contributed by atoms with Gasteiger partial charge in [0.05, 0.1) is 7.11 Å². The molecule has 0 bridgehead atoms. The van der Waals surface area contributed by atoms with Gasteiger partial charge in [-0.1, -0.05) is 32.9 Å². The van der Waals surface area contributed by atoms with E-state index < -0.39 is 0 Å². The van der Waals surface area contributed by atoms with E-state index in [0.29, 0.717) is 6.42 Å². The number of hydrogen-bond donors (Lipinski definition) is 1. The van der Waals surface area contributed by atoms with Gasteiger partial charge in [-0.25, -0.2) is 0 Å². The molecule has 5 heteroatoms. The fraction of sp³-hybridized carbons (Fsp3) is 0.611. The molecule has 1 fully saturated rings. The van der Waals surface area contributed by atoms with E-state index in [0.717, 1.165) is 30.8 Å². The normalized spacial score (nSPS) is 21.3. The highest BCUT2D eigenvalue weighted by Gasteiger charge is 2.35. The van der Waals surface area contributed by atoms with Crippen LogP contribution in [0.3, 0.4) is 0 Å². The van der Waals surface area contributed by atoms with Crippen LogP contribution in [-0.2, 0) is 4.79 Å². The molecule has 2 unspecified atom stereocenters. The van der Waals surface area contributed by atoms with E-state index in [4.69, 9.17) is 10.5 Å². The van der Waals surface area contributed by atoms with E-state index in [9.17, 15) is 4.79 Å². The molecule has 1 aliphatic heterocycles. The zero-order valence-electron chi connectivity index (χ0n) is 14.5. The zero-order chi connectivity index (χ0) is 16.3. The summed E-state index contributed by atoms with van der Waals surface area (Å²) < 4.78 is 5.26. The number of nitrogens with two attached hydrogens (primary N) is 1. The molecule has 130 valence electrons. The van der Waals surface area contributed by atoms with Crippen molar-refractivity contribution < 1.29 is 9.53 Å². The lowest BCUT2D eigenvalue weighted by Crippen LogP contribution is -2.54. The Morgan fingerprint density at radius 2 is 2.17 bits per heavy atom. The number of ether oxygens (including phenoxy) is 1. The van der Waals surface area contributed by atoms with Crippen molar-refractivity contribution >= 4 is 18.3 Å². The summed E-state index contributed by atoms with van der Waals surface area (Å²) in [6.07, 6.45) is 1.41. The molecule has 1 aliphatic rings. The van der Waals surface area contributed by atoms with E-state index in [2.05, 4.69) is 26.8 Å². The molecule has 1 aromatic rings. The van der Waals surface area contributed by atoms with Gasteiger partial charge in [-0.05, 0) is 35.4 Å². The van der Waals surface area contributed by atoms with Crippen LogP contribution in [0, 0.1) is 5.41 Å². The number of hydrogen-bond acceptors (Lipinski definition) is 3. The van der Waals surface area contributed by atoms with Crippen LogP contribution in [0.4, 0.5) is 0 Å². The SMILES string of the molecule is COc1cccc(C(C)CC(=O)N2CCC(N)C(C)(C)C2)c1.Cl. The van der Waals surface area contributed by atoms with Crippen LogP contribution in [0.1, 0.15) is 45.1 Å². The zero-order valence-corrected chi connectivity index (χ0v) is 15.4. The Morgan fingerprint density at radius 1 is 1.48 bits per heavy atom. The van der Waals surface area contributed by atoms with Crippen LogP contribution < -0.4 is 10.5 Å². The molecule has 1 heterocycles. The standard InChI is InChI=1S/C18H28N2O2.ClH/c1-13(14-6-5-7-15(11-14)22-4)10-17(21)20-9-8-16(19)18(2,3)12-20;/h5-7,11,13,16H,8-10,12,19H2,1-4H3;1H. The maximum absolute atomic E-state index is 12.6. The maximum atomic E-state index is 12.6. The van der Waals surface area contributed by atoms with Crippen molar-refractivity contribution in [2.45, 2.75) is 45.6 Å². The first kappa shape index (κ1) is 19.8. The van der Waals surface area contributed by atoms with Crippen LogP contribution in [0.15, 0.2) is 24.3 Å². The smallest absolute Gasteiger partial charge is 0.223 e. The van der Waals surface area contributed by atoms with E-state index in [1.54, 1.807) is 7.11 Å². The average Bonchev–Trinajstić information content (AvgIpc) is 2.49. The van der Waals surface area contributed by atoms with E-state index in [1.165, 1.54) is 0 Å². The maximum Gasteiger partial charge on any atom is 0.223 e. The molecule has 0 radical (unpaired) electrons. The average molecular weight is 341 g/mol. The fourth-order valence-corrected chi connectivity index (χ4v) is 3.04. The second-order valence-electron chi connectivity index (χ2n) is 7.08. The van der Waals surface area contributed by atoms with Crippen LogP contribution in [0.5, 0.6) is 5.75 Å².